The van der Waals surface area contributed by atoms with Crippen LogP contribution in [0, 0.1) is 11.7 Å². The zero-order valence-corrected chi connectivity index (χ0v) is 19.4. The summed E-state index contributed by atoms with van der Waals surface area (Å²) in [7, 11) is -2.54. The molecule has 0 bridgehead atoms. The molecule has 0 saturated carbocycles. The number of aromatic amines is 1. The van der Waals surface area contributed by atoms with Crippen LogP contribution in [0.5, 0.6) is 0 Å². The maximum atomic E-state index is 13.2. The van der Waals surface area contributed by atoms with Crippen LogP contribution >= 0.6 is 0 Å². The van der Waals surface area contributed by atoms with Gasteiger partial charge in [-0.05, 0) is 43.5 Å². The summed E-state index contributed by atoms with van der Waals surface area (Å²) in [6.07, 6.45) is 2.32. The summed E-state index contributed by atoms with van der Waals surface area (Å²) < 4.78 is 41.5. The van der Waals surface area contributed by atoms with E-state index in [2.05, 4.69) is 4.98 Å². The van der Waals surface area contributed by atoms with Crippen molar-refractivity contribution < 1.29 is 17.6 Å². The van der Waals surface area contributed by atoms with E-state index < -0.39 is 38.9 Å². The van der Waals surface area contributed by atoms with Gasteiger partial charge in [-0.15, -0.1) is 0 Å². The third kappa shape index (κ3) is 5.01. The number of anilines is 2. The van der Waals surface area contributed by atoms with Crippen molar-refractivity contribution in [1.82, 2.24) is 13.9 Å². The second-order valence-corrected chi connectivity index (χ2v) is 9.99. The number of hydrogen-bond acceptors (Lipinski definition) is 6. The summed E-state index contributed by atoms with van der Waals surface area (Å²) in [4.78, 5) is 41.1. The Bertz CT molecular complexity index is 1240. The van der Waals surface area contributed by atoms with Crippen LogP contribution in [0.15, 0.2) is 38.8 Å². The molecule has 1 aliphatic heterocycles. The van der Waals surface area contributed by atoms with Gasteiger partial charge in [-0.1, -0.05) is 13.3 Å². The Balaban J connectivity index is 1.86. The molecule has 0 spiro atoms. The van der Waals surface area contributed by atoms with Crippen molar-refractivity contribution in [2.75, 3.05) is 30.8 Å². The monoisotopic (exact) mass is 481 g/mol. The number of rotatable bonds is 7. The van der Waals surface area contributed by atoms with Gasteiger partial charge in [-0.3, -0.25) is 19.1 Å². The molecule has 2 heterocycles. The molecule has 1 saturated heterocycles. The number of unbranched alkanes of at least 4 members (excludes halogenated alkanes) is 1. The molecule has 33 heavy (non-hydrogen) atoms. The molecule has 1 atom stereocenters. The third-order valence-corrected chi connectivity index (χ3v) is 7.68. The van der Waals surface area contributed by atoms with Gasteiger partial charge in [0.15, 0.2) is 5.69 Å². The molecule has 10 nitrogen and oxygen atoms in total. The lowest BCUT2D eigenvalue weighted by atomic mass is 9.98. The molecule has 1 amide bonds. The smallest absolute Gasteiger partial charge is 0.330 e. The predicted molar refractivity (Wildman–Crippen MR) is 122 cm³/mol. The highest BCUT2D eigenvalue weighted by atomic mass is 32.2. The second-order valence-electron chi connectivity index (χ2n) is 8.05. The number of carbonyl (C=O) groups is 1. The highest BCUT2D eigenvalue weighted by molar-refractivity contribution is 7.89. The van der Waals surface area contributed by atoms with Gasteiger partial charge in [0.05, 0.1) is 10.8 Å². The van der Waals surface area contributed by atoms with Crippen LogP contribution in [0.4, 0.5) is 15.9 Å². The van der Waals surface area contributed by atoms with Crippen LogP contribution in [-0.2, 0) is 21.4 Å². The number of benzene rings is 1. The number of nitrogens with zero attached hydrogens (tertiary/aromatic N) is 3. The molecule has 1 unspecified atom stereocenters. The fourth-order valence-electron chi connectivity index (χ4n) is 3.94. The van der Waals surface area contributed by atoms with Gasteiger partial charge in [0.25, 0.3) is 5.56 Å². The first-order valence-corrected chi connectivity index (χ1v) is 12.2. The predicted octanol–water partition coefficient (Wildman–Crippen LogP) is 1.12. The lowest BCUT2D eigenvalue weighted by Gasteiger charge is -2.33. The Labute approximate surface area is 190 Å². The van der Waals surface area contributed by atoms with Gasteiger partial charge in [0.1, 0.15) is 11.6 Å². The summed E-state index contributed by atoms with van der Waals surface area (Å²) in [6.45, 7) is 2.37. The van der Waals surface area contributed by atoms with Crippen LogP contribution in [0.3, 0.4) is 0 Å². The largest absolute Gasteiger partial charge is 0.383 e. The van der Waals surface area contributed by atoms with Gasteiger partial charge in [0, 0.05) is 26.7 Å². The minimum Gasteiger partial charge on any atom is -0.383 e. The molecule has 1 aromatic heterocycles. The minimum absolute atomic E-state index is 0.0611. The van der Waals surface area contributed by atoms with Gasteiger partial charge in [-0.2, -0.15) is 4.31 Å². The van der Waals surface area contributed by atoms with Crippen molar-refractivity contribution >= 4 is 27.4 Å². The number of sulfonamides is 1. The zero-order valence-electron chi connectivity index (χ0n) is 18.6. The zero-order chi connectivity index (χ0) is 24.3. The lowest BCUT2D eigenvalue weighted by molar-refractivity contribution is -0.123. The third-order valence-electron chi connectivity index (χ3n) is 5.80. The Morgan fingerprint density at radius 3 is 2.58 bits per heavy atom. The van der Waals surface area contributed by atoms with Crippen LogP contribution in [0.1, 0.15) is 32.6 Å². The van der Waals surface area contributed by atoms with E-state index in [4.69, 9.17) is 5.73 Å². The fraction of sp³-hybridized carbons (Fsp3) is 0.476. The van der Waals surface area contributed by atoms with E-state index in [1.54, 1.807) is 0 Å². The average molecular weight is 482 g/mol. The number of carbonyl (C=O) groups excluding carboxylic acids is 1. The lowest BCUT2D eigenvalue weighted by Crippen LogP contribution is -2.47. The number of nitrogens with one attached hydrogen (secondary N) is 1. The molecule has 2 aromatic rings. The summed E-state index contributed by atoms with van der Waals surface area (Å²) in [5.74, 6) is -1.86. The van der Waals surface area contributed by atoms with Crippen LogP contribution in [-0.4, -0.2) is 48.3 Å². The molecule has 1 aromatic carbocycles. The highest BCUT2D eigenvalue weighted by Crippen LogP contribution is 2.27. The van der Waals surface area contributed by atoms with Crippen molar-refractivity contribution in [2.24, 2.45) is 5.92 Å². The Hall–Kier alpha value is -2.99. The Morgan fingerprint density at radius 2 is 1.94 bits per heavy atom. The van der Waals surface area contributed by atoms with E-state index in [9.17, 15) is 27.2 Å². The van der Waals surface area contributed by atoms with E-state index >= 15 is 0 Å². The normalized spacial score (nSPS) is 17.1. The fourth-order valence-corrected chi connectivity index (χ4v) is 5.47. The molecular formula is C21H28FN5O5S. The number of halogens is 1. The first-order valence-electron chi connectivity index (χ1n) is 10.7. The first kappa shape index (κ1) is 24.6. The van der Waals surface area contributed by atoms with Crippen molar-refractivity contribution in [1.29, 1.82) is 0 Å². The number of nitrogens with two attached hydrogens (primary N) is 1. The van der Waals surface area contributed by atoms with Gasteiger partial charge in [0.2, 0.25) is 15.9 Å². The quantitative estimate of drug-likeness (QED) is 0.608. The first-order chi connectivity index (χ1) is 15.6. The Morgan fingerprint density at radius 1 is 1.27 bits per heavy atom. The summed E-state index contributed by atoms with van der Waals surface area (Å²) in [6, 6.07) is 4.50. The number of H-pyrrole nitrogens is 1. The summed E-state index contributed by atoms with van der Waals surface area (Å²) in [5.41, 5.74) is 4.51. The SMILES string of the molecule is CCCCn1c(N)c(N(C)C(=O)C2CCCN(S(=O)(=O)c3ccc(F)cc3)C2)c(=O)[nH]c1=O. The molecule has 180 valence electrons. The minimum atomic E-state index is -3.92. The van der Waals surface area contributed by atoms with Crippen molar-refractivity contribution in [3.05, 3.63) is 50.9 Å². The van der Waals surface area contributed by atoms with Crippen molar-refractivity contribution in [2.45, 2.75) is 44.0 Å². The molecule has 12 heteroatoms. The van der Waals surface area contributed by atoms with Gasteiger partial charge < -0.3 is 10.6 Å². The topological polar surface area (TPSA) is 139 Å². The van der Waals surface area contributed by atoms with Gasteiger partial charge in [-0.25, -0.2) is 17.6 Å². The van der Waals surface area contributed by atoms with Crippen LogP contribution in [0.2, 0.25) is 0 Å². The van der Waals surface area contributed by atoms with E-state index in [-0.39, 0.29) is 29.5 Å². The van der Waals surface area contributed by atoms with E-state index in [0.29, 0.717) is 25.8 Å². The number of amides is 1. The maximum Gasteiger partial charge on any atom is 0.330 e. The standard InChI is InChI=1S/C21H28FN5O5S/c1-3-4-12-27-18(23)17(19(28)24-21(27)30)25(2)20(29)14-6-5-11-26(13-14)33(31,32)16-9-7-15(22)8-10-16/h7-10,14H,3-6,11-13,23H2,1-2H3,(H,24,28,30). The van der Waals surface area contributed by atoms with E-state index in [1.807, 2.05) is 6.92 Å². The number of aromatic nitrogens is 2. The van der Waals surface area contributed by atoms with E-state index in [0.717, 1.165) is 23.5 Å². The number of nitrogen functional groups attached to an aromatic ring is 1. The van der Waals surface area contributed by atoms with E-state index in [1.165, 1.54) is 28.1 Å². The molecule has 3 rings (SSSR count). The summed E-state index contributed by atoms with van der Waals surface area (Å²) in [5, 5.41) is 0. The summed E-state index contributed by atoms with van der Waals surface area (Å²) >= 11 is 0. The Kier molecular flexibility index (Phi) is 7.38. The molecule has 0 aliphatic carbocycles. The highest BCUT2D eigenvalue weighted by Gasteiger charge is 2.35. The van der Waals surface area contributed by atoms with Gasteiger partial charge >= 0.3 is 5.69 Å². The molecule has 3 N–H and O–H groups in total. The van der Waals surface area contributed by atoms with Crippen molar-refractivity contribution in [3.8, 4) is 0 Å². The molecular weight excluding hydrogens is 453 g/mol. The molecule has 1 aliphatic rings. The molecule has 0 radical (unpaired) electrons. The second kappa shape index (κ2) is 9.87. The average Bonchev–Trinajstić information content (AvgIpc) is 2.78. The number of piperidine rings is 1. The van der Waals surface area contributed by atoms with Crippen LogP contribution in [0.25, 0.3) is 0 Å². The molecule has 1 fully saturated rings. The maximum absolute atomic E-state index is 13.2. The van der Waals surface area contributed by atoms with Crippen molar-refractivity contribution in [3.63, 3.8) is 0 Å². The van der Waals surface area contributed by atoms with Crippen LogP contribution < -0.4 is 21.9 Å². The number of hydrogen-bond donors (Lipinski definition) is 2.